The molecule has 0 aliphatic heterocycles. The Hall–Kier alpha value is -2.22. The molecule has 0 radical (unpaired) electrons. The number of anilines is 1. The Kier molecular flexibility index (Phi) is 7.19. The highest BCUT2D eigenvalue weighted by Crippen LogP contribution is 2.38. The van der Waals surface area contributed by atoms with Crippen molar-refractivity contribution in [2.75, 3.05) is 11.9 Å². The summed E-state index contributed by atoms with van der Waals surface area (Å²) in [4.78, 5) is 38.1. The molecular formula is C20H27N3O4S. The first kappa shape index (κ1) is 20.5. The van der Waals surface area contributed by atoms with E-state index in [2.05, 4.69) is 15.8 Å². The van der Waals surface area contributed by atoms with Crippen molar-refractivity contribution in [1.29, 1.82) is 0 Å². The largest absolute Gasteiger partial charge is 0.462 e. The molecule has 152 valence electrons. The molecule has 0 bridgehead atoms. The Morgan fingerprint density at radius 3 is 2.36 bits per heavy atom. The third-order valence-corrected chi connectivity index (χ3v) is 6.29. The highest BCUT2D eigenvalue weighted by Gasteiger charge is 2.27. The molecule has 2 aliphatic carbocycles. The van der Waals surface area contributed by atoms with Gasteiger partial charge in [-0.25, -0.2) is 10.2 Å². The molecule has 1 fully saturated rings. The van der Waals surface area contributed by atoms with Gasteiger partial charge in [-0.3, -0.25) is 9.59 Å². The van der Waals surface area contributed by atoms with E-state index in [9.17, 15) is 14.4 Å². The van der Waals surface area contributed by atoms with E-state index in [1.165, 1.54) is 17.8 Å². The average Bonchev–Trinajstić information content (AvgIpc) is 2.87. The van der Waals surface area contributed by atoms with Crippen molar-refractivity contribution in [3.05, 3.63) is 16.0 Å². The number of nitrogens with one attached hydrogen (secondary N) is 2. The number of thiophene rings is 1. The van der Waals surface area contributed by atoms with Crippen molar-refractivity contribution in [1.82, 2.24) is 5.43 Å². The lowest BCUT2D eigenvalue weighted by molar-refractivity contribution is -0.136. The van der Waals surface area contributed by atoms with Crippen molar-refractivity contribution in [3.8, 4) is 0 Å². The molecule has 0 unspecified atom stereocenters. The van der Waals surface area contributed by atoms with Crippen LogP contribution in [0.5, 0.6) is 0 Å². The molecule has 1 heterocycles. The van der Waals surface area contributed by atoms with Gasteiger partial charge in [0.05, 0.1) is 12.2 Å². The van der Waals surface area contributed by atoms with Gasteiger partial charge in [0.2, 0.25) is 0 Å². The van der Waals surface area contributed by atoms with Gasteiger partial charge in [-0.15, -0.1) is 11.3 Å². The molecule has 1 aromatic heterocycles. The molecule has 1 aromatic rings. The van der Waals surface area contributed by atoms with E-state index in [1.54, 1.807) is 6.92 Å². The highest BCUT2D eigenvalue weighted by molar-refractivity contribution is 7.17. The zero-order valence-corrected chi connectivity index (χ0v) is 17.1. The number of carbonyl (C=O) groups is 3. The average molecular weight is 406 g/mol. The monoisotopic (exact) mass is 405 g/mol. The molecule has 0 aromatic carbocycles. The van der Waals surface area contributed by atoms with Gasteiger partial charge in [0.25, 0.3) is 0 Å². The number of esters is 1. The van der Waals surface area contributed by atoms with E-state index in [0.717, 1.165) is 73.9 Å². The Morgan fingerprint density at radius 2 is 1.64 bits per heavy atom. The minimum absolute atomic E-state index is 0.259. The number of hydrogen-bond acceptors (Lipinski definition) is 6. The summed E-state index contributed by atoms with van der Waals surface area (Å²) in [5.74, 6) is -2.08. The second-order valence-corrected chi connectivity index (χ2v) is 8.23. The van der Waals surface area contributed by atoms with Crippen LogP contribution in [0.3, 0.4) is 0 Å². The summed E-state index contributed by atoms with van der Waals surface area (Å²) in [5, 5.41) is 7.09. The number of carbonyl (C=O) groups excluding carboxylic acids is 3. The van der Waals surface area contributed by atoms with Gasteiger partial charge in [0, 0.05) is 10.6 Å². The second kappa shape index (κ2) is 9.82. The molecular weight excluding hydrogens is 378 g/mol. The predicted octanol–water partition coefficient (Wildman–Crippen LogP) is 3.57. The Bertz CT molecular complexity index is 777. The van der Waals surface area contributed by atoms with Crippen molar-refractivity contribution in [3.63, 3.8) is 0 Å². The number of nitrogens with zero attached hydrogens (tertiary/aromatic N) is 1. The maximum Gasteiger partial charge on any atom is 0.341 e. The van der Waals surface area contributed by atoms with Crippen LogP contribution in [0.1, 0.15) is 79.1 Å². The molecule has 28 heavy (non-hydrogen) atoms. The summed E-state index contributed by atoms with van der Waals surface area (Å²) in [7, 11) is 0. The van der Waals surface area contributed by atoms with Gasteiger partial charge >= 0.3 is 17.8 Å². The highest BCUT2D eigenvalue weighted by atomic mass is 32.1. The van der Waals surface area contributed by atoms with Gasteiger partial charge in [0.1, 0.15) is 5.00 Å². The fourth-order valence-corrected chi connectivity index (χ4v) is 4.93. The molecule has 1 saturated carbocycles. The summed E-state index contributed by atoms with van der Waals surface area (Å²) in [5.41, 5.74) is 4.63. The lowest BCUT2D eigenvalue weighted by Crippen LogP contribution is -2.33. The minimum atomic E-state index is -0.823. The van der Waals surface area contributed by atoms with Crippen molar-refractivity contribution >= 4 is 39.8 Å². The van der Waals surface area contributed by atoms with Crippen LogP contribution in [0.15, 0.2) is 5.10 Å². The SMILES string of the molecule is CCOC(=O)c1c(NC(=O)C(=O)NN=C2CCCCC2)sc2c1CCCCC2. The number of hydrogen-bond donors (Lipinski definition) is 2. The van der Waals surface area contributed by atoms with Gasteiger partial charge in [0.15, 0.2) is 0 Å². The Balaban J connectivity index is 1.74. The Labute approximate surface area is 168 Å². The first-order valence-electron chi connectivity index (χ1n) is 10.1. The predicted molar refractivity (Wildman–Crippen MR) is 109 cm³/mol. The lowest BCUT2D eigenvalue weighted by atomic mass is 9.99. The molecule has 7 nitrogen and oxygen atoms in total. The number of fused-ring (bicyclic) bond motifs is 1. The van der Waals surface area contributed by atoms with Gasteiger partial charge in [-0.2, -0.15) is 5.10 Å². The summed E-state index contributed by atoms with van der Waals surface area (Å²) >= 11 is 1.37. The van der Waals surface area contributed by atoms with Crippen molar-refractivity contribution < 1.29 is 19.1 Å². The zero-order chi connectivity index (χ0) is 19.9. The van der Waals surface area contributed by atoms with Crippen LogP contribution in [0, 0.1) is 0 Å². The van der Waals surface area contributed by atoms with Gasteiger partial charge < -0.3 is 10.1 Å². The molecule has 0 saturated heterocycles. The quantitative estimate of drug-likeness (QED) is 0.346. The van der Waals surface area contributed by atoms with E-state index < -0.39 is 17.8 Å². The van der Waals surface area contributed by atoms with Crippen molar-refractivity contribution in [2.24, 2.45) is 5.10 Å². The number of hydrazone groups is 1. The normalized spacial score (nSPS) is 16.5. The fraction of sp³-hybridized carbons (Fsp3) is 0.600. The summed E-state index contributed by atoms with van der Waals surface area (Å²) < 4.78 is 5.20. The van der Waals surface area contributed by atoms with Crippen LogP contribution in [-0.4, -0.2) is 30.1 Å². The first-order valence-corrected chi connectivity index (χ1v) is 10.9. The maximum absolute atomic E-state index is 12.5. The summed E-state index contributed by atoms with van der Waals surface area (Å²) in [6.45, 7) is 2.01. The standard InChI is InChI=1S/C20H27N3O4S/c1-2-27-20(26)16-14-11-7-4-8-12-15(14)28-19(16)21-17(24)18(25)23-22-13-9-5-3-6-10-13/h2-12H2,1H3,(H,21,24)(H,23,25). The van der Waals surface area contributed by atoms with Crippen LogP contribution in [-0.2, 0) is 27.2 Å². The van der Waals surface area contributed by atoms with Gasteiger partial charge in [-0.05, 0) is 63.9 Å². The zero-order valence-electron chi connectivity index (χ0n) is 16.3. The summed E-state index contributed by atoms with van der Waals surface area (Å²) in [6, 6.07) is 0. The van der Waals surface area contributed by atoms with Crippen LogP contribution in [0.2, 0.25) is 0 Å². The topological polar surface area (TPSA) is 96.9 Å². The molecule has 0 atom stereocenters. The summed E-state index contributed by atoms with van der Waals surface area (Å²) in [6.07, 6.45) is 9.84. The Morgan fingerprint density at radius 1 is 0.964 bits per heavy atom. The molecule has 3 rings (SSSR count). The second-order valence-electron chi connectivity index (χ2n) is 7.12. The third-order valence-electron chi connectivity index (χ3n) is 5.08. The van der Waals surface area contributed by atoms with Crippen molar-refractivity contribution in [2.45, 2.75) is 71.1 Å². The fourth-order valence-electron chi connectivity index (χ4n) is 3.66. The number of ether oxygens (including phenoxy) is 1. The molecule has 2 amide bonds. The number of rotatable bonds is 4. The van der Waals surface area contributed by atoms with E-state index >= 15 is 0 Å². The van der Waals surface area contributed by atoms with Crippen LogP contribution in [0.4, 0.5) is 5.00 Å². The van der Waals surface area contributed by atoms with E-state index in [4.69, 9.17) is 4.74 Å². The van der Waals surface area contributed by atoms with Gasteiger partial charge in [-0.1, -0.05) is 12.8 Å². The number of aryl methyl sites for hydroxylation is 1. The molecule has 2 N–H and O–H groups in total. The van der Waals surface area contributed by atoms with Crippen LogP contribution in [0.25, 0.3) is 0 Å². The number of amides is 2. The molecule has 2 aliphatic rings. The van der Waals surface area contributed by atoms with Crippen LogP contribution >= 0.6 is 11.3 Å². The van der Waals surface area contributed by atoms with E-state index in [1.807, 2.05) is 0 Å². The molecule has 8 heteroatoms. The molecule has 0 spiro atoms. The maximum atomic E-state index is 12.5. The third kappa shape index (κ3) is 4.98. The first-order chi connectivity index (χ1) is 13.6. The lowest BCUT2D eigenvalue weighted by Gasteiger charge is -2.12. The minimum Gasteiger partial charge on any atom is -0.462 e. The van der Waals surface area contributed by atoms with Crippen LogP contribution < -0.4 is 10.7 Å². The smallest absolute Gasteiger partial charge is 0.341 e. The van der Waals surface area contributed by atoms with E-state index in [0.29, 0.717) is 10.6 Å². The van der Waals surface area contributed by atoms with E-state index in [-0.39, 0.29) is 6.61 Å².